The van der Waals surface area contributed by atoms with Gasteiger partial charge in [0.1, 0.15) is 0 Å². The predicted molar refractivity (Wildman–Crippen MR) is 61.7 cm³/mol. The topological polar surface area (TPSA) is 60.7 Å². The van der Waals surface area contributed by atoms with Crippen molar-refractivity contribution in [3.8, 4) is 6.07 Å². The minimum atomic E-state index is -0.121. The highest BCUT2D eigenvalue weighted by Gasteiger charge is 2.09. The highest BCUT2D eigenvalue weighted by Crippen LogP contribution is 2.01. The Morgan fingerprint density at radius 3 is 2.24 bits per heavy atom. The van der Waals surface area contributed by atoms with E-state index in [4.69, 9.17) is 24.2 Å². The Morgan fingerprint density at radius 1 is 0.882 bits per heavy atom. The van der Waals surface area contributed by atoms with Gasteiger partial charge in [0.15, 0.2) is 0 Å². The minimum Gasteiger partial charge on any atom is -0.379 e. The molecule has 0 aromatic carbocycles. The Balaban J connectivity index is 2.22. The van der Waals surface area contributed by atoms with Gasteiger partial charge >= 0.3 is 0 Å². The van der Waals surface area contributed by atoms with E-state index in [1.54, 1.807) is 0 Å². The summed E-state index contributed by atoms with van der Waals surface area (Å²) in [5, 5.41) is 8.66. The fraction of sp³-hybridized carbons (Fsp3) is 0.917. The van der Waals surface area contributed by atoms with Crippen molar-refractivity contribution in [2.24, 2.45) is 0 Å². The average molecular weight is 243 g/mol. The largest absolute Gasteiger partial charge is 0.379 e. The Morgan fingerprint density at radius 2 is 1.53 bits per heavy atom. The molecule has 0 N–H and O–H groups in total. The van der Waals surface area contributed by atoms with Crippen LogP contribution in [0.4, 0.5) is 0 Å². The predicted octanol–water partition coefficient (Wildman–Crippen LogP) is 1.13. The van der Waals surface area contributed by atoms with E-state index in [9.17, 15) is 0 Å². The first kappa shape index (κ1) is 14.4. The third kappa shape index (κ3) is 8.11. The first-order chi connectivity index (χ1) is 8.43. The van der Waals surface area contributed by atoms with Crippen LogP contribution in [-0.4, -0.2) is 52.4 Å². The van der Waals surface area contributed by atoms with Gasteiger partial charge in [0.25, 0.3) is 0 Å². The second-order valence-corrected chi connectivity index (χ2v) is 3.86. The van der Waals surface area contributed by atoms with Crippen LogP contribution in [0.1, 0.15) is 19.3 Å². The van der Waals surface area contributed by atoms with Crippen LogP contribution in [-0.2, 0) is 18.9 Å². The molecule has 1 aliphatic rings. The molecule has 0 amide bonds. The van der Waals surface area contributed by atoms with E-state index in [1.165, 1.54) is 0 Å². The number of nitrogens with zero attached hydrogens (tertiary/aromatic N) is 1. The maximum absolute atomic E-state index is 8.66. The molecule has 1 atom stereocenters. The van der Waals surface area contributed by atoms with Gasteiger partial charge in [-0.1, -0.05) is 0 Å². The van der Waals surface area contributed by atoms with E-state index in [0.29, 0.717) is 52.7 Å². The summed E-state index contributed by atoms with van der Waals surface area (Å²) in [5.74, 6) is 0. The van der Waals surface area contributed by atoms with E-state index in [2.05, 4.69) is 6.07 Å². The average Bonchev–Trinajstić information content (AvgIpc) is 2.34. The molecule has 17 heavy (non-hydrogen) atoms. The molecule has 1 saturated heterocycles. The Labute approximate surface area is 103 Å². The summed E-state index contributed by atoms with van der Waals surface area (Å²) >= 11 is 0. The molecule has 0 radical (unpaired) electrons. The number of rotatable bonds is 1. The molecular weight excluding hydrogens is 222 g/mol. The van der Waals surface area contributed by atoms with Gasteiger partial charge in [0.05, 0.1) is 38.4 Å². The maximum atomic E-state index is 8.66. The fourth-order valence-electron chi connectivity index (χ4n) is 1.48. The van der Waals surface area contributed by atoms with Gasteiger partial charge < -0.3 is 18.9 Å². The summed E-state index contributed by atoms with van der Waals surface area (Å²) in [6, 6.07) is 2.11. The van der Waals surface area contributed by atoms with Gasteiger partial charge in [-0.3, -0.25) is 0 Å². The van der Waals surface area contributed by atoms with Gasteiger partial charge in [-0.15, -0.1) is 0 Å². The monoisotopic (exact) mass is 243 g/mol. The third-order valence-corrected chi connectivity index (χ3v) is 2.36. The number of ether oxygens (including phenoxy) is 4. The maximum Gasteiger partial charge on any atom is 0.0937 e. The first-order valence-corrected chi connectivity index (χ1v) is 6.15. The Hall–Kier alpha value is -0.670. The van der Waals surface area contributed by atoms with E-state index < -0.39 is 0 Å². The summed E-state index contributed by atoms with van der Waals surface area (Å²) < 4.78 is 21.8. The molecule has 1 fully saturated rings. The molecule has 0 saturated carbocycles. The van der Waals surface area contributed by atoms with Gasteiger partial charge in [-0.25, -0.2) is 0 Å². The summed E-state index contributed by atoms with van der Waals surface area (Å²) in [4.78, 5) is 0. The van der Waals surface area contributed by atoms with Gasteiger partial charge in [0.2, 0.25) is 0 Å². The quantitative estimate of drug-likeness (QED) is 0.691. The lowest BCUT2D eigenvalue weighted by atomic mass is 10.3. The van der Waals surface area contributed by atoms with Gasteiger partial charge in [-0.05, 0) is 12.8 Å². The molecule has 1 rings (SSSR count). The van der Waals surface area contributed by atoms with Crippen LogP contribution in [0.2, 0.25) is 0 Å². The summed E-state index contributed by atoms with van der Waals surface area (Å²) in [7, 11) is 0. The Kier molecular flexibility index (Phi) is 8.87. The van der Waals surface area contributed by atoms with Crippen molar-refractivity contribution >= 4 is 0 Å². The lowest BCUT2D eigenvalue weighted by molar-refractivity contribution is -0.0344. The van der Waals surface area contributed by atoms with Crippen LogP contribution in [0.5, 0.6) is 0 Å². The van der Waals surface area contributed by atoms with Gasteiger partial charge in [-0.2, -0.15) is 5.26 Å². The van der Waals surface area contributed by atoms with Gasteiger partial charge in [0, 0.05) is 26.4 Å². The lowest BCUT2D eigenvalue weighted by Gasteiger charge is -2.16. The summed E-state index contributed by atoms with van der Waals surface area (Å²) in [6.45, 7) is 4.36. The van der Waals surface area contributed by atoms with Crippen LogP contribution in [0, 0.1) is 11.3 Å². The van der Waals surface area contributed by atoms with Crippen LogP contribution >= 0.6 is 0 Å². The standard InChI is InChI=1S/C12H21NO4/c13-4-3-12-11-16-7-1-5-14-9-10-15-6-2-8-17-12/h12H,1-3,5-11H2. The Bertz CT molecular complexity index is 203. The van der Waals surface area contributed by atoms with Crippen molar-refractivity contribution in [3.05, 3.63) is 0 Å². The van der Waals surface area contributed by atoms with E-state index in [0.717, 1.165) is 12.8 Å². The smallest absolute Gasteiger partial charge is 0.0937 e. The molecule has 0 aromatic rings. The molecular formula is C12H21NO4. The van der Waals surface area contributed by atoms with Crippen molar-refractivity contribution in [1.82, 2.24) is 0 Å². The van der Waals surface area contributed by atoms with Crippen molar-refractivity contribution in [3.63, 3.8) is 0 Å². The zero-order valence-electron chi connectivity index (χ0n) is 10.2. The summed E-state index contributed by atoms with van der Waals surface area (Å²) in [5.41, 5.74) is 0. The van der Waals surface area contributed by atoms with Crippen molar-refractivity contribution in [1.29, 1.82) is 5.26 Å². The second kappa shape index (κ2) is 10.5. The van der Waals surface area contributed by atoms with Crippen LogP contribution in [0.3, 0.4) is 0 Å². The molecule has 0 spiro atoms. The normalized spacial score (nSPS) is 25.7. The van der Waals surface area contributed by atoms with Crippen LogP contribution in [0.15, 0.2) is 0 Å². The first-order valence-electron chi connectivity index (χ1n) is 6.15. The highest BCUT2D eigenvalue weighted by atomic mass is 16.5. The SMILES string of the molecule is N#CCC1COCCCOCCOCCCO1. The number of hydrogen-bond acceptors (Lipinski definition) is 5. The molecule has 1 aliphatic heterocycles. The molecule has 1 heterocycles. The molecule has 0 aromatic heterocycles. The fourth-order valence-corrected chi connectivity index (χ4v) is 1.48. The second-order valence-electron chi connectivity index (χ2n) is 3.86. The third-order valence-electron chi connectivity index (χ3n) is 2.36. The lowest BCUT2D eigenvalue weighted by Crippen LogP contribution is -2.22. The van der Waals surface area contributed by atoms with E-state index >= 15 is 0 Å². The number of nitriles is 1. The van der Waals surface area contributed by atoms with Crippen LogP contribution in [0.25, 0.3) is 0 Å². The molecule has 98 valence electrons. The zero-order chi connectivity index (χ0) is 12.2. The van der Waals surface area contributed by atoms with Crippen LogP contribution < -0.4 is 0 Å². The zero-order valence-corrected chi connectivity index (χ0v) is 10.2. The molecule has 1 unspecified atom stereocenters. The molecule has 5 nitrogen and oxygen atoms in total. The number of hydrogen-bond donors (Lipinski definition) is 0. The van der Waals surface area contributed by atoms with E-state index in [1.807, 2.05) is 0 Å². The van der Waals surface area contributed by atoms with Crippen molar-refractivity contribution in [2.75, 3.05) is 46.2 Å². The molecule has 5 heteroatoms. The highest BCUT2D eigenvalue weighted by molar-refractivity contribution is 4.76. The molecule has 0 aliphatic carbocycles. The molecule has 0 bridgehead atoms. The van der Waals surface area contributed by atoms with E-state index in [-0.39, 0.29) is 6.10 Å². The van der Waals surface area contributed by atoms with Crippen molar-refractivity contribution < 1.29 is 18.9 Å². The summed E-state index contributed by atoms with van der Waals surface area (Å²) in [6.07, 6.45) is 1.95. The minimum absolute atomic E-state index is 0.121. The van der Waals surface area contributed by atoms with Crippen molar-refractivity contribution in [2.45, 2.75) is 25.4 Å².